The highest BCUT2D eigenvalue weighted by Crippen LogP contribution is 2.70. The summed E-state index contributed by atoms with van der Waals surface area (Å²) in [6.07, 6.45) is 5.11. The van der Waals surface area contributed by atoms with Crippen molar-refractivity contribution in [1.29, 1.82) is 0 Å². The summed E-state index contributed by atoms with van der Waals surface area (Å²) in [6.45, 7) is 5.54. The predicted molar refractivity (Wildman–Crippen MR) is 85.3 cm³/mol. The van der Waals surface area contributed by atoms with E-state index in [-0.39, 0.29) is 5.41 Å². The maximum atomic E-state index is 5.72. The molecule has 21 heavy (non-hydrogen) atoms. The van der Waals surface area contributed by atoms with E-state index in [0.29, 0.717) is 11.8 Å². The molecule has 2 unspecified atom stereocenters. The van der Waals surface area contributed by atoms with Crippen molar-refractivity contribution in [3.8, 4) is 5.75 Å². The van der Waals surface area contributed by atoms with E-state index >= 15 is 0 Å². The number of hydrogen-bond acceptors (Lipinski definition) is 3. The second-order valence-electron chi connectivity index (χ2n) is 6.55. The van der Waals surface area contributed by atoms with Gasteiger partial charge in [0.1, 0.15) is 5.75 Å². The summed E-state index contributed by atoms with van der Waals surface area (Å²) >= 11 is 1.67. The number of nitrogens with one attached hydrogen (secondary N) is 1. The van der Waals surface area contributed by atoms with Crippen LogP contribution in [0.4, 0.5) is 0 Å². The van der Waals surface area contributed by atoms with Crippen LogP contribution in [0.25, 0.3) is 0 Å². The Balaban J connectivity index is 1.72. The molecule has 1 aliphatic carbocycles. The van der Waals surface area contributed by atoms with Crippen LogP contribution in [0.15, 0.2) is 29.6 Å². The Morgan fingerprint density at radius 1 is 1.33 bits per heavy atom. The van der Waals surface area contributed by atoms with Gasteiger partial charge in [-0.15, -0.1) is 0 Å². The van der Waals surface area contributed by atoms with Gasteiger partial charge in [0.05, 0.1) is 6.61 Å². The third kappa shape index (κ3) is 1.92. The Kier molecular flexibility index (Phi) is 2.86. The number of hydrogen-bond donors (Lipinski definition) is 1. The lowest BCUT2D eigenvalue weighted by Gasteiger charge is -2.08. The molecule has 0 saturated heterocycles. The highest BCUT2D eigenvalue weighted by Gasteiger charge is 2.60. The molecule has 1 aliphatic heterocycles. The minimum absolute atomic E-state index is 0.278. The first-order valence-corrected chi connectivity index (χ1v) is 8.69. The summed E-state index contributed by atoms with van der Waals surface area (Å²) in [4.78, 5) is 7.91. The maximum absolute atomic E-state index is 5.72. The van der Waals surface area contributed by atoms with Gasteiger partial charge in [-0.1, -0.05) is 37.7 Å². The van der Waals surface area contributed by atoms with Gasteiger partial charge >= 0.3 is 0 Å². The summed E-state index contributed by atoms with van der Waals surface area (Å²) in [5, 5.41) is 1.01. The van der Waals surface area contributed by atoms with Crippen LogP contribution in [0.2, 0.25) is 0 Å². The van der Waals surface area contributed by atoms with E-state index < -0.39 is 0 Å². The van der Waals surface area contributed by atoms with Crippen LogP contribution in [0.3, 0.4) is 0 Å². The second-order valence-corrected chi connectivity index (χ2v) is 7.34. The third-order valence-corrected chi connectivity index (χ3v) is 5.64. The quantitative estimate of drug-likeness (QED) is 0.872. The van der Waals surface area contributed by atoms with E-state index in [1.54, 1.807) is 11.8 Å². The number of fused-ring (bicyclic) bond motifs is 1. The molecule has 0 bridgehead atoms. The number of benzene rings is 1. The molecule has 1 aromatic heterocycles. The van der Waals surface area contributed by atoms with Crippen molar-refractivity contribution in [2.75, 3.05) is 12.9 Å². The molecule has 2 aromatic rings. The number of aromatic amines is 1. The van der Waals surface area contributed by atoms with Crippen molar-refractivity contribution in [3.63, 3.8) is 0 Å². The number of nitrogens with zero attached hydrogens (tertiary/aromatic N) is 1. The number of rotatable bonds is 3. The lowest BCUT2D eigenvalue weighted by atomic mass is 9.96. The molecule has 4 heteroatoms. The highest BCUT2D eigenvalue weighted by atomic mass is 32.2. The zero-order chi connectivity index (χ0) is 14.6. The van der Waals surface area contributed by atoms with Crippen LogP contribution in [-0.2, 0) is 6.42 Å². The average Bonchev–Trinajstić information content (AvgIpc) is 2.92. The molecule has 110 valence electrons. The van der Waals surface area contributed by atoms with Gasteiger partial charge in [0, 0.05) is 29.8 Å². The lowest BCUT2D eigenvalue weighted by molar-refractivity contribution is 0.357. The molecule has 2 heterocycles. The van der Waals surface area contributed by atoms with Crippen molar-refractivity contribution in [1.82, 2.24) is 9.97 Å². The Bertz CT molecular complexity index is 692. The Labute approximate surface area is 129 Å². The van der Waals surface area contributed by atoms with Gasteiger partial charge < -0.3 is 9.72 Å². The molecule has 0 radical (unpaired) electrons. The molecule has 1 fully saturated rings. The van der Waals surface area contributed by atoms with Crippen molar-refractivity contribution < 1.29 is 4.74 Å². The molecule has 2 atom stereocenters. The summed E-state index contributed by atoms with van der Waals surface area (Å²) in [5.41, 5.74) is 4.44. The molecular weight excluding hydrogens is 280 g/mol. The molecule has 0 amide bonds. The molecule has 4 rings (SSSR count). The third-order valence-electron chi connectivity index (χ3n) is 5.04. The topological polar surface area (TPSA) is 37.9 Å². The first-order chi connectivity index (χ1) is 10.1. The van der Waals surface area contributed by atoms with Crippen molar-refractivity contribution in [3.05, 3.63) is 41.2 Å². The van der Waals surface area contributed by atoms with Crippen molar-refractivity contribution in [2.45, 2.75) is 37.3 Å². The van der Waals surface area contributed by atoms with Gasteiger partial charge in [0.25, 0.3) is 0 Å². The predicted octanol–water partition coefficient (Wildman–Crippen LogP) is 3.97. The van der Waals surface area contributed by atoms with E-state index in [9.17, 15) is 0 Å². The van der Waals surface area contributed by atoms with Gasteiger partial charge in [-0.3, -0.25) is 0 Å². The fourth-order valence-electron chi connectivity index (χ4n) is 3.92. The first-order valence-electron chi connectivity index (χ1n) is 7.46. The van der Waals surface area contributed by atoms with Crippen LogP contribution < -0.4 is 4.74 Å². The molecule has 1 saturated carbocycles. The smallest absolute Gasteiger partial charge is 0.165 e. The van der Waals surface area contributed by atoms with Crippen LogP contribution in [0.5, 0.6) is 5.75 Å². The molecular formula is C17H20N2OS. The Hall–Kier alpha value is -1.42. The highest BCUT2D eigenvalue weighted by molar-refractivity contribution is 7.98. The van der Waals surface area contributed by atoms with E-state index in [0.717, 1.165) is 23.9 Å². The number of thioether (sulfide) groups is 1. The summed E-state index contributed by atoms with van der Waals surface area (Å²) in [7, 11) is 0. The fourth-order valence-corrected chi connectivity index (χ4v) is 4.29. The minimum atomic E-state index is 0.278. The normalized spacial score (nSPS) is 25.5. The number of aromatic nitrogens is 2. The second kappa shape index (κ2) is 4.54. The SMILES string of the molecule is CSc1ncc(C2C(c3cccc4c3CCO4)C2(C)C)[nH]1. The summed E-state index contributed by atoms with van der Waals surface area (Å²) < 4.78 is 5.72. The maximum Gasteiger partial charge on any atom is 0.165 e. The molecule has 0 spiro atoms. The van der Waals surface area contributed by atoms with E-state index in [2.05, 4.69) is 48.3 Å². The minimum Gasteiger partial charge on any atom is -0.493 e. The standard InChI is InChI=1S/C17H20N2OS/c1-17(2)14(15(17)12-9-18-16(19-12)21-3)11-5-4-6-13-10(11)7-8-20-13/h4-6,9,14-15H,7-8H2,1-3H3,(H,18,19). The van der Waals surface area contributed by atoms with Crippen LogP contribution >= 0.6 is 11.8 Å². The van der Waals surface area contributed by atoms with Gasteiger partial charge in [-0.05, 0) is 29.2 Å². The van der Waals surface area contributed by atoms with Gasteiger partial charge in [0.15, 0.2) is 5.16 Å². The molecule has 2 aliphatic rings. The van der Waals surface area contributed by atoms with Gasteiger partial charge in [0.2, 0.25) is 0 Å². The zero-order valence-corrected chi connectivity index (χ0v) is 13.5. The summed E-state index contributed by atoms with van der Waals surface area (Å²) in [6, 6.07) is 6.51. The van der Waals surface area contributed by atoms with Crippen molar-refractivity contribution in [2.24, 2.45) is 5.41 Å². The molecule has 1 N–H and O–H groups in total. The van der Waals surface area contributed by atoms with Crippen LogP contribution in [-0.4, -0.2) is 22.8 Å². The van der Waals surface area contributed by atoms with E-state index in [1.165, 1.54) is 16.8 Å². The number of H-pyrrole nitrogens is 1. The lowest BCUT2D eigenvalue weighted by Crippen LogP contribution is -1.94. The van der Waals surface area contributed by atoms with Gasteiger partial charge in [-0.25, -0.2) is 4.98 Å². The molecule has 1 aromatic carbocycles. The largest absolute Gasteiger partial charge is 0.493 e. The van der Waals surface area contributed by atoms with Gasteiger partial charge in [-0.2, -0.15) is 0 Å². The summed E-state index contributed by atoms with van der Waals surface area (Å²) in [5.74, 6) is 2.17. The van der Waals surface area contributed by atoms with Crippen molar-refractivity contribution >= 4 is 11.8 Å². The number of imidazole rings is 1. The first kappa shape index (κ1) is 13.3. The van der Waals surface area contributed by atoms with E-state index in [4.69, 9.17) is 4.74 Å². The fraction of sp³-hybridized carbons (Fsp3) is 0.471. The number of ether oxygens (including phenoxy) is 1. The van der Waals surface area contributed by atoms with Crippen LogP contribution in [0.1, 0.15) is 42.5 Å². The monoisotopic (exact) mass is 300 g/mol. The van der Waals surface area contributed by atoms with E-state index in [1.807, 2.05) is 6.20 Å². The van der Waals surface area contributed by atoms with Crippen LogP contribution in [0, 0.1) is 5.41 Å². The Morgan fingerprint density at radius 2 is 2.19 bits per heavy atom. The Morgan fingerprint density at radius 3 is 2.95 bits per heavy atom. The zero-order valence-electron chi connectivity index (χ0n) is 12.6. The average molecular weight is 300 g/mol. The molecule has 3 nitrogen and oxygen atoms in total.